The molecule has 0 saturated heterocycles. The Labute approximate surface area is 187 Å². The van der Waals surface area contributed by atoms with Crippen molar-refractivity contribution >= 4 is 40.2 Å². The van der Waals surface area contributed by atoms with Gasteiger partial charge < -0.3 is 10.1 Å². The van der Waals surface area contributed by atoms with E-state index >= 15 is 0 Å². The Morgan fingerprint density at radius 3 is 2.25 bits per heavy atom. The molecule has 0 aliphatic carbocycles. The highest BCUT2D eigenvalue weighted by Crippen LogP contribution is 2.32. The fourth-order valence-electron chi connectivity index (χ4n) is 3.34. The summed E-state index contributed by atoms with van der Waals surface area (Å²) in [6.07, 6.45) is -0.0968. The van der Waals surface area contributed by atoms with Gasteiger partial charge >= 0.3 is 5.97 Å². The van der Waals surface area contributed by atoms with E-state index in [1.165, 1.54) is 0 Å². The standard InChI is InChI=1S/C23H19N3O5S/c1-2-31-22(30)19-18(14-8-4-3-5-9-14)25-23(32-19)24-17(27)12-13-26-20(28)15-10-6-7-11-16(15)21(26)29/h3-11H,2,12-13H2,1H3,(H,24,25,27). The van der Waals surface area contributed by atoms with Crippen LogP contribution in [0.15, 0.2) is 54.6 Å². The highest BCUT2D eigenvalue weighted by molar-refractivity contribution is 7.18. The largest absolute Gasteiger partial charge is 0.462 e. The van der Waals surface area contributed by atoms with Gasteiger partial charge in [0.1, 0.15) is 4.88 Å². The summed E-state index contributed by atoms with van der Waals surface area (Å²) in [6.45, 7) is 1.87. The van der Waals surface area contributed by atoms with E-state index in [1.54, 1.807) is 31.2 Å². The van der Waals surface area contributed by atoms with Crippen molar-refractivity contribution in [3.8, 4) is 11.3 Å². The number of carbonyl (C=O) groups excluding carboxylic acids is 4. The van der Waals surface area contributed by atoms with Crippen LogP contribution in [0.2, 0.25) is 0 Å². The van der Waals surface area contributed by atoms with Gasteiger partial charge in [-0.1, -0.05) is 53.8 Å². The molecule has 162 valence electrons. The molecule has 0 unspecified atom stereocenters. The molecule has 9 heteroatoms. The zero-order valence-electron chi connectivity index (χ0n) is 17.2. The molecule has 0 bridgehead atoms. The van der Waals surface area contributed by atoms with Gasteiger partial charge in [-0.25, -0.2) is 9.78 Å². The van der Waals surface area contributed by atoms with E-state index in [2.05, 4.69) is 10.3 Å². The lowest BCUT2D eigenvalue weighted by Crippen LogP contribution is -2.32. The van der Waals surface area contributed by atoms with Crippen molar-refractivity contribution < 1.29 is 23.9 Å². The van der Waals surface area contributed by atoms with Gasteiger partial charge in [0.15, 0.2) is 5.13 Å². The summed E-state index contributed by atoms with van der Waals surface area (Å²) in [6, 6.07) is 15.7. The number of amides is 3. The van der Waals surface area contributed by atoms with Crippen molar-refractivity contribution in [1.82, 2.24) is 9.88 Å². The molecule has 0 spiro atoms. The van der Waals surface area contributed by atoms with E-state index < -0.39 is 23.7 Å². The lowest BCUT2D eigenvalue weighted by Gasteiger charge is -2.12. The molecule has 3 amide bonds. The van der Waals surface area contributed by atoms with E-state index in [9.17, 15) is 19.2 Å². The average molecular weight is 449 g/mol. The number of ether oxygens (including phenoxy) is 1. The van der Waals surface area contributed by atoms with Crippen LogP contribution in [-0.2, 0) is 9.53 Å². The molecular formula is C23H19N3O5S. The van der Waals surface area contributed by atoms with Crippen LogP contribution >= 0.6 is 11.3 Å². The molecule has 0 saturated carbocycles. The van der Waals surface area contributed by atoms with Crippen LogP contribution in [0.4, 0.5) is 5.13 Å². The molecule has 1 aliphatic rings. The first-order valence-electron chi connectivity index (χ1n) is 9.98. The molecule has 2 aromatic carbocycles. The Morgan fingerprint density at radius 2 is 1.62 bits per heavy atom. The Hall–Kier alpha value is -3.85. The molecule has 0 atom stereocenters. The number of hydrogen-bond donors (Lipinski definition) is 1. The van der Waals surface area contributed by atoms with E-state index in [1.807, 2.05) is 30.3 Å². The Balaban J connectivity index is 1.46. The number of benzene rings is 2. The third-order valence-corrected chi connectivity index (χ3v) is 5.77. The predicted molar refractivity (Wildman–Crippen MR) is 119 cm³/mol. The van der Waals surface area contributed by atoms with Crippen LogP contribution in [0, 0.1) is 0 Å². The molecule has 1 aliphatic heterocycles. The van der Waals surface area contributed by atoms with Gasteiger partial charge in [-0.05, 0) is 19.1 Å². The molecule has 32 heavy (non-hydrogen) atoms. The number of thiazole rings is 1. The van der Waals surface area contributed by atoms with Crippen molar-refractivity contribution in [3.63, 3.8) is 0 Å². The average Bonchev–Trinajstić information content (AvgIpc) is 3.33. The summed E-state index contributed by atoms with van der Waals surface area (Å²) >= 11 is 1.01. The first kappa shape index (κ1) is 21.4. The number of aromatic nitrogens is 1. The van der Waals surface area contributed by atoms with Crippen molar-refractivity contribution in [2.24, 2.45) is 0 Å². The van der Waals surface area contributed by atoms with Crippen LogP contribution in [0.25, 0.3) is 11.3 Å². The molecule has 3 aromatic rings. The highest BCUT2D eigenvalue weighted by Gasteiger charge is 2.35. The monoisotopic (exact) mass is 449 g/mol. The smallest absolute Gasteiger partial charge is 0.350 e. The number of nitrogens with one attached hydrogen (secondary N) is 1. The summed E-state index contributed by atoms with van der Waals surface area (Å²) in [5.74, 6) is -1.77. The summed E-state index contributed by atoms with van der Waals surface area (Å²) in [4.78, 5) is 55.5. The Kier molecular flexibility index (Phi) is 6.09. The maximum absolute atomic E-state index is 12.5. The van der Waals surface area contributed by atoms with Crippen molar-refractivity contribution in [3.05, 3.63) is 70.6 Å². The third kappa shape index (κ3) is 4.15. The number of esters is 1. The molecule has 0 radical (unpaired) electrons. The number of nitrogens with zero attached hydrogens (tertiary/aromatic N) is 2. The second-order valence-corrected chi connectivity index (χ2v) is 7.89. The minimum Gasteiger partial charge on any atom is -0.462 e. The summed E-state index contributed by atoms with van der Waals surface area (Å²) in [5.41, 5.74) is 1.82. The molecule has 1 N–H and O–H groups in total. The minimum absolute atomic E-state index is 0.0557. The van der Waals surface area contributed by atoms with Crippen molar-refractivity contribution in [1.29, 1.82) is 0 Å². The van der Waals surface area contributed by atoms with Gasteiger partial charge in [0.25, 0.3) is 11.8 Å². The molecule has 8 nitrogen and oxygen atoms in total. The number of anilines is 1. The normalized spacial score (nSPS) is 12.6. The fraction of sp³-hybridized carbons (Fsp3) is 0.174. The van der Waals surface area contributed by atoms with Gasteiger partial charge in [0.2, 0.25) is 5.91 Å². The lowest BCUT2D eigenvalue weighted by atomic mass is 10.1. The van der Waals surface area contributed by atoms with E-state index in [-0.39, 0.29) is 29.6 Å². The van der Waals surface area contributed by atoms with Crippen molar-refractivity contribution in [2.45, 2.75) is 13.3 Å². The van der Waals surface area contributed by atoms with Crippen LogP contribution in [0.3, 0.4) is 0 Å². The molecular weight excluding hydrogens is 430 g/mol. The lowest BCUT2D eigenvalue weighted by molar-refractivity contribution is -0.116. The van der Waals surface area contributed by atoms with Crippen LogP contribution in [-0.4, -0.2) is 46.7 Å². The van der Waals surface area contributed by atoms with Crippen LogP contribution in [0.5, 0.6) is 0 Å². The van der Waals surface area contributed by atoms with E-state index in [4.69, 9.17) is 4.74 Å². The molecule has 1 aromatic heterocycles. The highest BCUT2D eigenvalue weighted by atomic mass is 32.1. The Morgan fingerprint density at radius 1 is 1.00 bits per heavy atom. The number of carbonyl (C=O) groups is 4. The second-order valence-electron chi connectivity index (χ2n) is 6.89. The van der Waals surface area contributed by atoms with Crippen molar-refractivity contribution in [2.75, 3.05) is 18.5 Å². The fourth-order valence-corrected chi connectivity index (χ4v) is 4.24. The maximum Gasteiger partial charge on any atom is 0.350 e. The third-order valence-electron chi connectivity index (χ3n) is 4.82. The first-order valence-corrected chi connectivity index (χ1v) is 10.8. The summed E-state index contributed by atoms with van der Waals surface area (Å²) in [7, 11) is 0. The number of imide groups is 1. The minimum atomic E-state index is -0.518. The number of hydrogen-bond acceptors (Lipinski definition) is 7. The van der Waals surface area contributed by atoms with E-state index in [0.29, 0.717) is 16.8 Å². The zero-order chi connectivity index (χ0) is 22.7. The Bertz CT molecular complexity index is 1170. The van der Waals surface area contributed by atoms with Crippen LogP contribution in [0.1, 0.15) is 43.7 Å². The summed E-state index contributed by atoms with van der Waals surface area (Å²) in [5, 5.41) is 2.89. The number of fused-ring (bicyclic) bond motifs is 1. The van der Waals surface area contributed by atoms with Crippen LogP contribution < -0.4 is 5.32 Å². The SMILES string of the molecule is CCOC(=O)c1sc(NC(=O)CCN2C(=O)c3ccccc3C2=O)nc1-c1ccccc1. The topological polar surface area (TPSA) is 106 Å². The quantitative estimate of drug-likeness (QED) is 0.436. The van der Waals surface area contributed by atoms with Gasteiger partial charge in [0.05, 0.1) is 23.4 Å². The number of rotatable bonds is 7. The molecule has 2 heterocycles. The van der Waals surface area contributed by atoms with Gasteiger partial charge in [0, 0.05) is 18.5 Å². The van der Waals surface area contributed by atoms with E-state index in [0.717, 1.165) is 21.8 Å². The first-order chi connectivity index (χ1) is 15.5. The molecule has 4 rings (SSSR count). The van der Waals surface area contributed by atoms with Gasteiger partial charge in [-0.15, -0.1) is 0 Å². The van der Waals surface area contributed by atoms with Gasteiger partial charge in [-0.3, -0.25) is 19.3 Å². The molecule has 0 fully saturated rings. The predicted octanol–water partition coefficient (Wildman–Crippen LogP) is 3.61. The zero-order valence-corrected chi connectivity index (χ0v) is 18.0. The summed E-state index contributed by atoms with van der Waals surface area (Å²) < 4.78 is 5.11. The van der Waals surface area contributed by atoms with Gasteiger partial charge in [-0.2, -0.15) is 0 Å². The maximum atomic E-state index is 12.5. The second kappa shape index (κ2) is 9.11.